The number of hydrogen-bond donors (Lipinski definition) is 2. The lowest BCUT2D eigenvalue weighted by Crippen LogP contribution is -2.49. The lowest BCUT2D eigenvalue weighted by atomic mass is 9.95. The fourth-order valence-electron chi connectivity index (χ4n) is 1.14. The Morgan fingerprint density at radius 3 is 2.18 bits per heavy atom. The van der Waals surface area contributed by atoms with Crippen molar-refractivity contribution < 1.29 is 13.2 Å². The quantitative estimate of drug-likeness (QED) is 0.617. The molecule has 0 heterocycles. The number of nitrogens with two attached hydrogens (primary N) is 1. The third kappa shape index (κ3) is 8.79. The van der Waals surface area contributed by atoms with E-state index in [4.69, 9.17) is 10.5 Å². The van der Waals surface area contributed by atoms with E-state index in [-0.39, 0.29) is 31.3 Å². The molecule has 7 heteroatoms. The summed E-state index contributed by atoms with van der Waals surface area (Å²) in [5, 5.41) is 0. The molecule has 0 rings (SSSR count). The minimum absolute atomic E-state index is 0. The summed E-state index contributed by atoms with van der Waals surface area (Å²) in [7, 11) is -3.26. The van der Waals surface area contributed by atoms with E-state index in [1.807, 2.05) is 20.8 Å². The van der Waals surface area contributed by atoms with Gasteiger partial charge in [0.2, 0.25) is 10.0 Å². The Hall–Kier alpha value is 0.120. The monoisotopic (exact) mass is 288 g/mol. The van der Waals surface area contributed by atoms with Gasteiger partial charge in [0.1, 0.15) is 0 Å². The zero-order chi connectivity index (χ0) is 12.7. The highest BCUT2D eigenvalue weighted by molar-refractivity contribution is 7.89. The van der Waals surface area contributed by atoms with Gasteiger partial charge in [-0.15, -0.1) is 12.4 Å². The molecule has 0 amide bonds. The molecule has 0 unspecified atom stereocenters. The first-order chi connectivity index (χ1) is 7.39. The summed E-state index contributed by atoms with van der Waals surface area (Å²) in [6.45, 7) is 6.78. The zero-order valence-electron chi connectivity index (χ0n) is 10.9. The predicted octanol–water partition coefficient (Wildman–Crippen LogP) is 0.882. The molecule has 0 spiro atoms. The van der Waals surface area contributed by atoms with Crippen molar-refractivity contribution >= 4 is 22.4 Å². The minimum atomic E-state index is -3.26. The first kappa shape index (κ1) is 19.5. The van der Waals surface area contributed by atoms with E-state index in [9.17, 15) is 8.42 Å². The van der Waals surface area contributed by atoms with Crippen molar-refractivity contribution in [2.75, 3.05) is 25.5 Å². The average Bonchev–Trinajstić information content (AvgIpc) is 2.26. The highest BCUT2D eigenvalue weighted by Gasteiger charge is 2.22. The molecule has 0 saturated heterocycles. The summed E-state index contributed by atoms with van der Waals surface area (Å²) >= 11 is 0. The molecule has 0 atom stereocenters. The fraction of sp³-hybridized carbons (Fsp3) is 1.00. The number of rotatable bonds is 9. The van der Waals surface area contributed by atoms with Crippen LogP contribution >= 0.6 is 12.4 Å². The number of ether oxygens (including phenoxy) is 1. The van der Waals surface area contributed by atoms with E-state index >= 15 is 0 Å². The van der Waals surface area contributed by atoms with E-state index in [2.05, 4.69) is 4.72 Å². The van der Waals surface area contributed by atoms with E-state index < -0.39 is 15.6 Å². The fourth-order valence-corrected chi connectivity index (χ4v) is 2.13. The van der Waals surface area contributed by atoms with Crippen LogP contribution in [0.1, 0.15) is 33.6 Å². The van der Waals surface area contributed by atoms with Gasteiger partial charge in [-0.2, -0.15) is 0 Å². The summed E-state index contributed by atoms with van der Waals surface area (Å²) in [5.41, 5.74) is 5.55. The molecule has 106 valence electrons. The van der Waals surface area contributed by atoms with Gasteiger partial charge in [-0.1, -0.05) is 13.8 Å². The molecule has 0 aromatic heterocycles. The average molecular weight is 289 g/mol. The van der Waals surface area contributed by atoms with Crippen LogP contribution in [0.4, 0.5) is 0 Å². The zero-order valence-corrected chi connectivity index (χ0v) is 12.5. The SMILES string of the molecule is CCOCCS(=O)(=O)NCC(N)(CC)CC.Cl. The lowest BCUT2D eigenvalue weighted by molar-refractivity contribution is 0.163. The van der Waals surface area contributed by atoms with Crippen molar-refractivity contribution in [3.63, 3.8) is 0 Å². The molecule has 0 aromatic carbocycles. The Labute approximate surface area is 111 Å². The van der Waals surface area contributed by atoms with Gasteiger partial charge in [-0.05, 0) is 19.8 Å². The topological polar surface area (TPSA) is 81.4 Å². The molecular weight excluding hydrogens is 264 g/mol. The van der Waals surface area contributed by atoms with Gasteiger partial charge < -0.3 is 10.5 Å². The Balaban J connectivity index is 0. The molecule has 0 bridgehead atoms. The summed E-state index contributed by atoms with van der Waals surface area (Å²) in [6.07, 6.45) is 1.50. The summed E-state index contributed by atoms with van der Waals surface area (Å²) in [6, 6.07) is 0. The highest BCUT2D eigenvalue weighted by atomic mass is 35.5. The summed E-state index contributed by atoms with van der Waals surface area (Å²) in [4.78, 5) is 0. The summed E-state index contributed by atoms with van der Waals surface area (Å²) in [5.74, 6) is -0.00957. The van der Waals surface area contributed by atoms with Crippen molar-refractivity contribution in [3.8, 4) is 0 Å². The van der Waals surface area contributed by atoms with Gasteiger partial charge >= 0.3 is 0 Å². The van der Waals surface area contributed by atoms with Gasteiger partial charge in [0.05, 0.1) is 12.4 Å². The molecule has 3 N–H and O–H groups in total. The van der Waals surface area contributed by atoms with Gasteiger partial charge in [-0.25, -0.2) is 13.1 Å². The maximum atomic E-state index is 11.5. The molecule has 0 radical (unpaired) electrons. The van der Waals surface area contributed by atoms with Crippen LogP contribution in [0.2, 0.25) is 0 Å². The van der Waals surface area contributed by atoms with Crippen molar-refractivity contribution in [1.29, 1.82) is 0 Å². The minimum Gasteiger partial charge on any atom is -0.381 e. The number of nitrogens with one attached hydrogen (secondary N) is 1. The smallest absolute Gasteiger partial charge is 0.213 e. The molecule has 0 aromatic rings. The Kier molecular flexibility index (Phi) is 10.4. The number of sulfonamides is 1. The number of hydrogen-bond acceptors (Lipinski definition) is 4. The van der Waals surface area contributed by atoms with Crippen LogP contribution in [0.3, 0.4) is 0 Å². The first-order valence-corrected chi connectivity index (χ1v) is 7.38. The van der Waals surface area contributed by atoms with Crippen LogP contribution in [0, 0.1) is 0 Å². The van der Waals surface area contributed by atoms with Crippen molar-refractivity contribution in [3.05, 3.63) is 0 Å². The molecule has 0 saturated carbocycles. The molecular formula is C10H25ClN2O3S. The second kappa shape index (κ2) is 9.10. The van der Waals surface area contributed by atoms with Crippen LogP contribution in [-0.2, 0) is 14.8 Å². The van der Waals surface area contributed by atoms with E-state index in [0.29, 0.717) is 6.61 Å². The van der Waals surface area contributed by atoms with E-state index in [1.165, 1.54) is 0 Å². The normalized spacial score (nSPS) is 12.2. The van der Waals surface area contributed by atoms with E-state index in [0.717, 1.165) is 12.8 Å². The van der Waals surface area contributed by atoms with Crippen LogP contribution in [0.5, 0.6) is 0 Å². The third-order valence-electron chi connectivity index (χ3n) is 2.75. The van der Waals surface area contributed by atoms with Crippen LogP contribution in [0.25, 0.3) is 0 Å². The molecule has 0 aliphatic rings. The van der Waals surface area contributed by atoms with Crippen molar-refractivity contribution in [2.24, 2.45) is 5.73 Å². The van der Waals surface area contributed by atoms with Gasteiger partial charge in [0.15, 0.2) is 0 Å². The molecule has 0 fully saturated rings. The Morgan fingerprint density at radius 1 is 1.24 bits per heavy atom. The van der Waals surface area contributed by atoms with Crippen molar-refractivity contribution in [2.45, 2.75) is 39.2 Å². The maximum absolute atomic E-state index is 11.5. The van der Waals surface area contributed by atoms with Crippen LogP contribution < -0.4 is 10.5 Å². The predicted molar refractivity (Wildman–Crippen MR) is 73.0 cm³/mol. The molecule has 0 aliphatic heterocycles. The highest BCUT2D eigenvalue weighted by Crippen LogP contribution is 2.09. The molecule has 5 nitrogen and oxygen atoms in total. The standard InChI is InChI=1S/C10H24N2O3S.ClH/c1-4-10(11,5-2)9-12-16(13,14)8-7-15-6-3;/h12H,4-9,11H2,1-3H3;1H. The molecule has 17 heavy (non-hydrogen) atoms. The van der Waals surface area contributed by atoms with Gasteiger partial charge in [0.25, 0.3) is 0 Å². The summed E-state index contributed by atoms with van der Waals surface area (Å²) < 4.78 is 30.6. The van der Waals surface area contributed by atoms with Crippen molar-refractivity contribution in [1.82, 2.24) is 4.72 Å². The van der Waals surface area contributed by atoms with Crippen LogP contribution in [0.15, 0.2) is 0 Å². The van der Waals surface area contributed by atoms with Gasteiger partial charge in [0, 0.05) is 18.7 Å². The number of halogens is 1. The van der Waals surface area contributed by atoms with Crippen LogP contribution in [-0.4, -0.2) is 39.5 Å². The Bertz CT molecular complexity index is 279. The van der Waals surface area contributed by atoms with Gasteiger partial charge in [-0.3, -0.25) is 0 Å². The second-order valence-corrected chi connectivity index (χ2v) is 5.83. The largest absolute Gasteiger partial charge is 0.381 e. The maximum Gasteiger partial charge on any atom is 0.213 e. The molecule has 0 aliphatic carbocycles. The second-order valence-electron chi connectivity index (χ2n) is 3.91. The van der Waals surface area contributed by atoms with E-state index in [1.54, 1.807) is 0 Å². The Morgan fingerprint density at radius 2 is 1.76 bits per heavy atom. The third-order valence-corrected chi connectivity index (χ3v) is 4.04. The lowest BCUT2D eigenvalue weighted by Gasteiger charge is -2.26. The first-order valence-electron chi connectivity index (χ1n) is 5.73.